The van der Waals surface area contributed by atoms with E-state index in [0.717, 1.165) is 22.3 Å². The number of amides is 2. The van der Waals surface area contributed by atoms with E-state index in [-0.39, 0.29) is 11.7 Å². The number of esters is 1. The number of rotatable bonds is 14. The van der Waals surface area contributed by atoms with E-state index in [0.29, 0.717) is 11.5 Å². The van der Waals surface area contributed by atoms with E-state index in [1.165, 1.54) is 25.8 Å². The molecule has 2 N–H and O–H groups in total. The number of methoxy groups -OCH3 is 1. The third-order valence-electron chi connectivity index (χ3n) is 6.90. The molecule has 4 rings (SSSR count). The Balaban J connectivity index is 1.60. The molecule has 222 valence electrons. The van der Waals surface area contributed by atoms with Gasteiger partial charge in [0.1, 0.15) is 12.1 Å². The molecule has 0 aliphatic rings. The predicted octanol–water partition coefficient (Wildman–Crippen LogP) is 5.81. The summed E-state index contributed by atoms with van der Waals surface area (Å²) in [5.74, 6) is -0.0434. The molecule has 0 aliphatic heterocycles. The van der Waals surface area contributed by atoms with Crippen molar-refractivity contribution in [3.05, 3.63) is 144 Å². The van der Waals surface area contributed by atoms with Crippen LogP contribution in [0.3, 0.4) is 0 Å². The summed E-state index contributed by atoms with van der Waals surface area (Å²) in [5, 5.41) is 5.63. The molecule has 4 aromatic carbocycles. The zero-order chi connectivity index (χ0) is 30.5. The molecule has 0 saturated carbocycles. The van der Waals surface area contributed by atoms with E-state index >= 15 is 0 Å². The van der Waals surface area contributed by atoms with E-state index in [1.54, 1.807) is 11.8 Å². The molecular formula is C35H36N2O4S2. The van der Waals surface area contributed by atoms with Gasteiger partial charge in [0.15, 0.2) is 0 Å². The second-order valence-electron chi connectivity index (χ2n) is 9.93. The lowest BCUT2D eigenvalue weighted by Crippen LogP contribution is -2.53. The lowest BCUT2D eigenvalue weighted by molar-refractivity contribution is -0.144. The summed E-state index contributed by atoms with van der Waals surface area (Å²) in [4.78, 5) is 38.6. The molecule has 0 aliphatic carbocycles. The molecule has 0 heterocycles. The Bertz CT molecular complexity index is 1360. The van der Waals surface area contributed by atoms with E-state index in [4.69, 9.17) is 4.74 Å². The molecular weight excluding hydrogens is 577 g/mol. The van der Waals surface area contributed by atoms with Gasteiger partial charge >= 0.3 is 5.97 Å². The monoisotopic (exact) mass is 612 g/mol. The minimum atomic E-state index is -0.951. The normalized spacial score (nSPS) is 12.5. The van der Waals surface area contributed by atoms with Crippen molar-refractivity contribution in [2.24, 2.45) is 0 Å². The molecule has 0 saturated heterocycles. The first-order valence-corrected chi connectivity index (χ1v) is 16.2. The third kappa shape index (κ3) is 8.52. The maximum Gasteiger partial charge on any atom is 0.329 e. The van der Waals surface area contributed by atoms with E-state index in [1.807, 2.05) is 84.9 Å². The molecule has 2 atom stereocenters. The van der Waals surface area contributed by atoms with E-state index < -0.39 is 28.7 Å². The Morgan fingerprint density at radius 2 is 1.14 bits per heavy atom. The topological polar surface area (TPSA) is 84.5 Å². The molecule has 4 aromatic rings. The number of thioether (sulfide) groups is 2. The van der Waals surface area contributed by atoms with Crippen molar-refractivity contribution in [2.75, 3.05) is 18.6 Å². The number of nitrogens with one attached hydrogen (secondary N) is 2. The number of benzene rings is 4. The number of hydrogen-bond acceptors (Lipinski definition) is 6. The molecule has 2 amide bonds. The average molecular weight is 613 g/mol. The Kier molecular flexibility index (Phi) is 11.9. The first kappa shape index (κ1) is 31.9. The van der Waals surface area contributed by atoms with Gasteiger partial charge in [-0.3, -0.25) is 9.59 Å². The summed E-state index contributed by atoms with van der Waals surface area (Å²) < 4.78 is 4.46. The van der Waals surface area contributed by atoms with Gasteiger partial charge < -0.3 is 15.4 Å². The lowest BCUT2D eigenvalue weighted by atomic mass is 9.84. The van der Waals surface area contributed by atoms with Gasteiger partial charge in [0.25, 0.3) is 0 Å². The number of carbonyl (C=O) groups excluding carboxylic acids is 3. The molecule has 8 heteroatoms. The molecule has 0 spiro atoms. The molecule has 0 radical (unpaired) electrons. The molecule has 0 aromatic heterocycles. The fourth-order valence-corrected chi connectivity index (χ4v) is 7.42. The van der Waals surface area contributed by atoms with Crippen molar-refractivity contribution in [3.8, 4) is 0 Å². The van der Waals surface area contributed by atoms with Crippen LogP contribution in [0.25, 0.3) is 0 Å². The van der Waals surface area contributed by atoms with Crippen LogP contribution >= 0.6 is 23.5 Å². The first-order valence-electron chi connectivity index (χ1n) is 14.0. The second kappa shape index (κ2) is 16.0. The van der Waals surface area contributed by atoms with Crippen LogP contribution in [0, 0.1) is 0 Å². The van der Waals surface area contributed by atoms with Crippen molar-refractivity contribution in [1.29, 1.82) is 0 Å². The predicted molar refractivity (Wildman–Crippen MR) is 176 cm³/mol. The highest BCUT2D eigenvalue weighted by Crippen LogP contribution is 2.48. The molecule has 0 unspecified atom stereocenters. The maximum absolute atomic E-state index is 13.5. The number of carbonyl (C=O) groups is 3. The van der Waals surface area contributed by atoms with Gasteiger partial charge in [-0.25, -0.2) is 4.79 Å². The van der Waals surface area contributed by atoms with E-state index in [2.05, 4.69) is 47.0 Å². The minimum Gasteiger partial charge on any atom is -0.467 e. The van der Waals surface area contributed by atoms with Crippen LogP contribution in [-0.2, 0) is 29.6 Å². The van der Waals surface area contributed by atoms with Crippen molar-refractivity contribution in [3.63, 3.8) is 0 Å². The van der Waals surface area contributed by atoms with Crippen LogP contribution in [0.1, 0.15) is 29.2 Å². The summed E-state index contributed by atoms with van der Waals surface area (Å²) in [6.45, 7) is 1.38. The largest absolute Gasteiger partial charge is 0.467 e. The van der Waals surface area contributed by atoms with E-state index in [9.17, 15) is 14.4 Å². The quantitative estimate of drug-likeness (QED) is 0.138. The highest BCUT2D eigenvalue weighted by atomic mass is 32.2. The fraction of sp³-hybridized carbons (Fsp3) is 0.229. The van der Waals surface area contributed by atoms with Crippen molar-refractivity contribution in [1.82, 2.24) is 10.6 Å². The Labute approximate surface area is 262 Å². The number of hydrogen-bond donors (Lipinski definition) is 2. The summed E-state index contributed by atoms with van der Waals surface area (Å²) in [7, 11) is 1.31. The smallest absolute Gasteiger partial charge is 0.329 e. The first-order chi connectivity index (χ1) is 20.9. The maximum atomic E-state index is 13.5. The fourth-order valence-electron chi connectivity index (χ4n) is 4.86. The van der Waals surface area contributed by atoms with Gasteiger partial charge in [0.2, 0.25) is 11.8 Å². The zero-order valence-corrected chi connectivity index (χ0v) is 25.9. The average Bonchev–Trinajstić information content (AvgIpc) is 3.05. The van der Waals surface area contributed by atoms with Crippen molar-refractivity contribution < 1.29 is 19.1 Å². The van der Waals surface area contributed by atoms with Crippen LogP contribution in [0.4, 0.5) is 0 Å². The van der Waals surface area contributed by atoms with Crippen molar-refractivity contribution in [2.45, 2.75) is 29.5 Å². The molecule has 0 bridgehead atoms. The third-order valence-corrected chi connectivity index (χ3v) is 9.65. The van der Waals surface area contributed by atoms with Crippen LogP contribution < -0.4 is 10.6 Å². The van der Waals surface area contributed by atoms with Crippen LogP contribution in [0.2, 0.25) is 0 Å². The lowest BCUT2D eigenvalue weighted by Gasteiger charge is -2.36. The standard InChI is InChI=1S/C35H36N2O4S2/c1-26(38)36-31(24-42-23-27-15-7-3-8-16-27)33(39)37-32(34(40)41-2)25-43-35(28-17-9-4-10-18-28,29-19-11-5-12-20-29)30-21-13-6-14-22-30/h3-22,31-32H,23-25H2,1-2H3,(H,36,38)(H,37,39)/t31-,32+/m0/s1. The van der Waals surface area contributed by atoms with Crippen LogP contribution in [0.15, 0.2) is 121 Å². The van der Waals surface area contributed by atoms with Crippen molar-refractivity contribution >= 4 is 41.3 Å². The summed E-state index contributed by atoms with van der Waals surface area (Å²) in [6, 6.07) is 38.6. The highest BCUT2D eigenvalue weighted by Gasteiger charge is 2.39. The van der Waals surface area contributed by atoms with Crippen LogP contribution in [0.5, 0.6) is 0 Å². The van der Waals surface area contributed by atoms with Gasteiger partial charge in [-0.05, 0) is 22.3 Å². The summed E-state index contributed by atoms with van der Waals surface area (Å²) in [5.41, 5.74) is 4.25. The van der Waals surface area contributed by atoms with Gasteiger partial charge in [-0.1, -0.05) is 121 Å². The van der Waals surface area contributed by atoms with Crippen LogP contribution in [-0.4, -0.2) is 48.5 Å². The number of ether oxygens (including phenoxy) is 1. The Hall–Kier alpha value is -4.01. The Morgan fingerprint density at radius 3 is 1.58 bits per heavy atom. The summed E-state index contributed by atoms with van der Waals surface area (Å²) >= 11 is 3.09. The second-order valence-corrected chi connectivity index (χ2v) is 12.2. The Morgan fingerprint density at radius 1 is 0.674 bits per heavy atom. The molecule has 6 nitrogen and oxygen atoms in total. The highest BCUT2D eigenvalue weighted by molar-refractivity contribution is 8.00. The zero-order valence-electron chi connectivity index (χ0n) is 24.3. The minimum absolute atomic E-state index is 0.223. The van der Waals surface area contributed by atoms with Gasteiger partial charge in [-0.15, -0.1) is 11.8 Å². The molecule has 0 fully saturated rings. The van der Waals surface area contributed by atoms with Gasteiger partial charge in [0.05, 0.1) is 11.9 Å². The van der Waals surface area contributed by atoms with Gasteiger partial charge in [-0.2, -0.15) is 11.8 Å². The molecule has 43 heavy (non-hydrogen) atoms. The van der Waals surface area contributed by atoms with Gasteiger partial charge in [0, 0.05) is 24.2 Å². The summed E-state index contributed by atoms with van der Waals surface area (Å²) in [6.07, 6.45) is 0. The SMILES string of the molecule is COC(=O)[C@@H](CSC(c1ccccc1)(c1ccccc1)c1ccccc1)NC(=O)[C@H](CSCc1ccccc1)NC(C)=O.